The number of benzene rings is 1. The summed E-state index contributed by atoms with van der Waals surface area (Å²) < 4.78 is 11.4. The normalized spacial score (nSPS) is 22.7. The van der Waals surface area contributed by atoms with Gasteiger partial charge in [-0.2, -0.15) is 0 Å². The molecule has 22 heavy (non-hydrogen) atoms. The Balaban J connectivity index is 1.81. The van der Waals surface area contributed by atoms with Gasteiger partial charge >= 0.3 is 0 Å². The summed E-state index contributed by atoms with van der Waals surface area (Å²) in [5.74, 6) is 1.10. The second-order valence-corrected chi connectivity index (χ2v) is 5.67. The first-order valence-electron chi connectivity index (χ1n) is 7.63. The molecule has 1 saturated heterocycles. The van der Waals surface area contributed by atoms with E-state index in [-0.39, 0.29) is 17.9 Å². The topological polar surface area (TPSA) is 76.7 Å². The summed E-state index contributed by atoms with van der Waals surface area (Å²) in [5, 5.41) is 5.51. The van der Waals surface area contributed by atoms with Crippen molar-refractivity contribution in [3.8, 4) is 11.5 Å². The lowest BCUT2D eigenvalue weighted by molar-refractivity contribution is -0.122. The quantitative estimate of drug-likeness (QED) is 0.886. The molecule has 6 heteroatoms. The third kappa shape index (κ3) is 2.86. The predicted octanol–water partition coefficient (Wildman–Crippen LogP) is 1.63. The maximum absolute atomic E-state index is 12.3. The minimum atomic E-state index is -0.477. The second kappa shape index (κ2) is 5.87. The molecule has 3 rings (SSSR count). The van der Waals surface area contributed by atoms with E-state index in [1.807, 2.05) is 19.9 Å². The molecule has 1 aromatic carbocycles. The van der Waals surface area contributed by atoms with Crippen molar-refractivity contribution in [2.75, 3.05) is 11.9 Å². The van der Waals surface area contributed by atoms with Gasteiger partial charge in [0.25, 0.3) is 0 Å². The Morgan fingerprint density at radius 3 is 3.00 bits per heavy atom. The lowest BCUT2D eigenvalue weighted by atomic mass is 10.1. The lowest BCUT2D eigenvalue weighted by Crippen LogP contribution is -2.37. The highest BCUT2D eigenvalue weighted by atomic mass is 16.5. The number of fused-ring (bicyclic) bond motifs is 1. The summed E-state index contributed by atoms with van der Waals surface area (Å²) in [4.78, 5) is 23.5. The molecule has 0 spiro atoms. The molecule has 0 saturated carbocycles. The van der Waals surface area contributed by atoms with Crippen molar-refractivity contribution >= 4 is 17.5 Å². The molecule has 2 atom stereocenters. The molecule has 1 aromatic rings. The minimum Gasteiger partial charge on any atom is -0.492 e. The fourth-order valence-electron chi connectivity index (χ4n) is 2.84. The van der Waals surface area contributed by atoms with E-state index < -0.39 is 6.04 Å². The van der Waals surface area contributed by atoms with Crippen LogP contribution in [-0.4, -0.2) is 30.6 Å². The third-order valence-corrected chi connectivity index (χ3v) is 3.87. The Morgan fingerprint density at radius 1 is 1.50 bits per heavy atom. The molecule has 0 bridgehead atoms. The molecule has 2 heterocycles. The molecule has 1 fully saturated rings. The van der Waals surface area contributed by atoms with Crippen LogP contribution >= 0.6 is 0 Å². The van der Waals surface area contributed by atoms with Gasteiger partial charge in [0, 0.05) is 24.5 Å². The number of carbonyl (C=O) groups is 2. The summed E-state index contributed by atoms with van der Waals surface area (Å²) in [5.41, 5.74) is 1.67. The molecule has 0 aliphatic carbocycles. The van der Waals surface area contributed by atoms with Gasteiger partial charge in [0.05, 0.1) is 12.3 Å². The van der Waals surface area contributed by atoms with Crippen LogP contribution in [0.15, 0.2) is 12.1 Å². The Labute approximate surface area is 129 Å². The predicted molar refractivity (Wildman–Crippen MR) is 81.2 cm³/mol. The molecule has 0 aromatic heterocycles. The van der Waals surface area contributed by atoms with Gasteiger partial charge in [0.2, 0.25) is 11.8 Å². The van der Waals surface area contributed by atoms with Crippen LogP contribution in [0.25, 0.3) is 0 Å². The number of rotatable bonds is 4. The van der Waals surface area contributed by atoms with Crippen LogP contribution in [0.3, 0.4) is 0 Å². The fraction of sp³-hybridized carbons (Fsp3) is 0.500. The van der Waals surface area contributed by atoms with Crippen LogP contribution in [0.2, 0.25) is 0 Å². The van der Waals surface area contributed by atoms with Crippen LogP contribution in [-0.2, 0) is 16.0 Å². The Bertz CT molecular complexity index is 614. The van der Waals surface area contributed by atoms with Crippen LogP contribution in [0.5, 0.6) is 11.5 Å². The first-order valence-corrected chi connectivity index (χ1v) is 7.63. The fourth-order valence-corrected chi connectivity index (χ4v) is 2.84. The molecule has 2 aliphatic rings. The minimum absolute atomic E-state index is 0.0868. The Morgan fingerprint density at radius 2 is 2.32 bits per heavy atom. The largest absolute Gasteiger partial charge is 0.492 e. The van der Waals surface area contributed by atoms with E-state index in [1.165, 1.54) is 0 Å². The number of hydrogen-bond acceptors (Lipinski definition) is 4. The summed E-state index contributed by atoms with van der Waals surface area (Å²) in [6, 6.07) is 3.25. The molecule has 0 radical (unpaired) electrons. The molecular formula is C16H20N2O4. The standard InChI is InChI=1S/C16H20N2O4/c1-3-21-14-7-10-6-9(2)22-13(10)8-12(14)18-16(20)11-4-5-15(19)17-11/h7-9,11H,3-6H2,1-2H3,(H,17,19)(H,18,20). The Hall–Kier alpha value is -2.24. The van der Waals surface area contributed by atoms with Crippen molar-refractivity contribution in [2.45, 2.75) is 45.3 Å². The summed E-state index contributed by atoms with van der Waals surface area (Å²) >= 11 is 0. The second-order valence-electron chi connectivity index (χ2n) is 5.67. The third-order valence-electron chi connectivity index (χ3n) is 3.87. The van der Waals surface area contributed by atoms with Crippen molar-refractivity contribution in [3.63, 3.8) is 0 Å². The van der Waals surface area contributed by atoms with Gasteiger partial charge < -0.3 is 20.1 Å². The molecule has 2 amide bonds. The smallest absolute Gasteiger partial charge is 0.247 e. The van der Waals surface area contributed by atoms with Crippen molar-refractivity contribution in [2.24, 2.45) is 0 Å². The number of anilines is 1. The van der Waals surface area contributed by atoms with Crippen LogP contribution in [0.1, 0.15) is 32.3 Å². The first-order chi connectivity index (χ1) is 10.6. The summed E-state index contributed by atoms with van der Waals surface area (Å²) in [6.45, 7) is 4.42. The maximum atomic E-state index is 12.3. The molecule has 2 unspecified atom stereocenters. The van der Waals surface area contributed by atoms with E-state index in [1.54, 1.807) is 6.07 Å². The van der Waals surface area contributed by atoms with Crippen LogP contribution in [0.4, 0.5) is 5.69 Å². The van der Waals surface area contributed by atoms with Gasteiger partial charge in [-0.3, -0.25) is 9.59 Å². The van der Waals surface area contributed by atoms with Crippen molar-refractivity contribution < 1.29 is 19.1 Å². The number of ether oxygens (including phenoxy) is 2. The van der Waals surface area contributed by atoms with Gasteiger partial charge in [-0.05, 0) is 26.3 Å². The zero-order valence-corrected chi connectivity index (χ0v) is 12.8. The van der Waals surface area contributed by atoms with E-state index in [9.17, 15) is 9.59 Å². The van der Waals surface area contributed by atoms with Gasteiger partial charge in [-0.15, -0.1) is 0 Å². The number of hydrogen-bond donors (Lipinski definition) is 2. The van der Waals surface area contributed by atoms with Crippen LogP contribution < -0.4 is 20.1 Å². The SMILES string of the molecule is CCOc1cc2c(cc1NC(=O)C1CCC(=O)N1)OC(C)C2. The van der Waals surface area contributed by atoms with E-state index in [4.69, 9.17) is 9.47 Å². The summed E-state index contributed by atoms with van der Waals surface area (Å²) in [6.07, 6.45) is 1.88. The van der Waals surface area contributed by atoms with Gasteiger partial charge in [0.15, 0.2) is 0 Å². The molecule has 118 valence electrons. The van der Waals surface area contributed by atoms with Crippen molar-refractivity contribution in [1.82, 2.24) is 5.32 Å². The highest BCUT2D eigenvalue weighted by molar-refractivity contribution is 6.00. The Kier molecular flexibility index (Phi) is 3.92. The first kappa shape index (κ1) is 14.7. The molecule has 2 aliphatic heterocycles. The van der Waals surface area contributed by atoms with Crippen molar-refractivity contribution in [3.05, 3.63) is 17.7 Å². The van der Waals surface area contributed by atoms with Crippen LogP contribution in [0, 0.1) is 0 Å². The zero-order valence-electron chi connectivity index (χ0n) is 12.8. The van der Waals surface area contributed by atoms with Gasteiger partial charge in [0.1, 0.15) is 23.6 Å². The number of amides is 2. The summed E-state index contributed by atoms with van der Waals surface area (Å²) in [7, 11) is 0. The average molecular weight is 304 g/mol. The highest BCUT2D eigenvalue weighted by Crippen LogP contribution is 2.38. The van der Waals surface area contributed by atoms with E-state index in [0.717, 1.165) is 17.7 Å². The van der Waals surface area contributed by atoms with E-state index in [2.05, 4.69) is 10.6 Å². The number of nitrogens with one attached hydrogen (secondary N) is 2. The van der Waals surface area contributed by atoms with Gasteiger partial charge in [-0.25, -0.2) is 0 Å². The average Bonchev–Trinajstić information content (AvgIpc) is 3.04. The monoisotopic (exact) mass is 304 g/mol. The van der Waals surface area contributed by atoms with E-state index >= 15 is 0 Å². The molecular weight excluding hydrogens is 284 g/mol. The van der Waals surface area contributed by atoms with Crippen molar-refractivity contribution in [1.29, 1.82) is 0 Å². The molecule has 6 nitrogen and oxygen atoms in total. The zero-order chi connectivity index (χ0) is 15.7. The van der Waals surface area contributed by atoms with E-state index in [0.29, 0.717) is 30.9 Å². The highest BCUT2D eigenvalue weighted by Gasteiger charge is 2.29. The van der Waals surface area contributed by atoms with Gasteiger partial charge in [-0.1, -0.05) is 0 Å². The lowest BCUT2D eigenvalue weighted by Gasteiger charge is -2.15. The molecule has 2 N–H and O–H groups in total. The number of carbonyl (C=O) groups excluding carboxylic acids is 2. The maximum Gasteiger partial charge on any atom is 0.247 e.